The Morgan fingerprint density at radius 2 is 1.91 bits per heavy atom. The number of aromatic nitrogens is 1. The van der Waals surface area contributed by atoms with Gasteiger partial charge in [-0.3, -0.25) is 4.79 Å². The number of nitrogens with zero attached hydrogens (tertiary/aromatic N) is 2. The largest absolute Gasteiger partial charge is 0.416 e. The van der Waals surface area contributed by atoms with Gasteiger partial charge in [0.25, 0.3) is 0 Å². The van der Waals surface area contributed by atoms with Crippen LogP contribution in [0.1, 0.15) is 21.6 Å². The Kier molecular flexibility index (Phi) is 4.18. The highest BCUT2D eigenvalue weighted by molar-refractivity contribution is 6.13. The minimum atomic E-state index is -4.55. The lowest BCUT2D eigenvalue weighted by Gasteiger charge is -2.10. The van der Waals surface area contributed by atoms with Crippen LogP contribution in [0.25, 0.3) is 6.08 Å². The summed E-state index contributed by atoms with van der Waals surface area (Å²) in [5.41, 5.74) is -1.22. The molecule has 0 radical (unpaired) electrons. The van der Waals surface area contributed by atoms with Crippen molar-refractivity contribution in [2.24, 2.45) is 7.05 Å². The van der Waals surface area contributed by atoms with Gasteiger partial charge < -0.3 is 4.57 Å². The zero-order chi connectivity index (χ0) is 16.3. The molecule has 6 heteroatoms. The van der Waals surface area contributed by atoms with E-state index in [4.69, 9.17) is 5.26 Å². The van der Waals surface area contributed by atoms with Crippen molar-refractivity contribution in [2.45, 2.75) is 6.18 Å². The highest BCUT2D eigenvalue weighted by atomic mass is 19.4. The van der Waals surface area contributed by atoms with Gasteiger partial charge in [-0.2, -0.15) is 18.4 Å². The number of Topliss-reactive ketones (excluding diaryl/α,β-unsaturated/α-hetero) is 1. The minimum Gasteiger partial charge on any atom is -0.348 e. The van der Waals surface area contributed by atoms with E-state index in [1.807, 2.05) is 0 Å². The molecule has 0 atom stereocenters. The number of carbonyl (C=O) groups excluding carboxylic acids is 1. The number of carbonyl (C=O) groups is 1. The van der Waals surface area contributed by atoms with Gasteiger partial charge >= 0.3 is 6.18 Å². The molecule has 2 aromatic rings. The highest BCUT2D eigenvalue weighted by Crippen LogP contribution is 2.33. The van der Waals surface area contributed by atoms with E-state index in [-0.39, 0.29) is 16.8 Å². The molecule has 2 rings (SSSR count). The van der Waals surface area contributed by atoms with Crippen LogP contribution in [0.2, 0.25) is 0 Å². The maximum absolute atomic E-state index is 12.9. The van der Waals surface area contributed by atoms with E-state index < -0.39 is 17.5 Å². The van der Waals surface area contributed by atoms with Crippen LogP contribution < -0.4 is 0 Å². The topological polar surface area (TPSA) is 45.8 Å². The van der Waals surface area contributed by atoms with Crippen molar-refractivity contribution in [2.75, 3.05) is 0 Å². The predicted octanol–water partition coefficient (Wildman–Crippen LogP) is 3.83. The van der Waals surface area contributed by atoms with Crippen molar-refractivity contribution in [3.8, 4) is 6.07 Å². The van der Waals surface area contributed by atoms with Crippen LogP contribution in [0.3, 0.4) is 0 Å². The first-order chi connectivity index (χ1) is 10.3. The number of halogens is 3. The summed E-state index contributed by atoms with van der Waals surface area (Å²) >= 11 is 0. The molecule has 0 saturated carbocycles. The molecule has 0 aliphatic carbocycles. The summed E-state index contributed by atoms with van der Waals surface area (Å²) in [5, 5.41) is 9.11. The molecule has 0 N–H and O–H groups in total. The molecule has 0 fully saturated rings. The molecule has 22 heavy (non-hydrogen) atoms. The summed E-state index contributed by atoms with van der Waals surface area (Å²) in [6, 6.07) is 9.60. The van der Waals surface area contributed by atoms with Gasteiger partial charge in [-0.15, -0.1) is 0 Å². The van der Waals surface area contributed by atoms with Crippen LogP contribution in [0, 0.1) is 11.3 Å². The van der Waals surface area contributed by atoms with Crippen molar-refractivity contribution in [1.29, 1.82) is 5.26 Å². The lowest BCUT2D eigenvalue weighted by atomic mass is 10.0. The van der Waals surface area contributed by atoms with Gasteiger partial charge in [-0.1, -0.05) is 18.2 Å². The zero-order valence-corrected chi connectivity index (χ0v) is 11.6. The lowest BCUT2D eigenvalue weighted by Crippen LogP contribution is -2.09. The average molecular weight is 304 g/mol. The SMILES string of the molecule is Cn1cccc1C(=O)C(C#N)=Cc1ccccc1C(F)(F)F. The molecule has 0 spiro atoms. The first-order valence-corrected chi connectivity index (χ1v) is 6.28. The first-order valence-electron chi connectivity index (χ1n) is 6.28. The Hall–Kier alpha value is -2.81. The number of ketones is 1. The second kappa shape index (κ2) is 5.90. The number of aryl methyl sites for hydroxylation is 1. The molecule has 0 bridgehead atoms. The van der Waals surface area contributed by atoms with E-state index in [1.165, 1.54) is 28.8 Å². The summed E-state index contributed by atoms with van der Waals surface area (Å²) in [6.45, 7) is 0. The number of rotatable bonds is 3. The smallest absolute Gasteiger partial charge is 0.348 e. The number of allylic oxidation sites excluding steroid dienone is 1. The van der Waals surface area contributed by atoms with E-state index in [2.05, 4.69) is 0 Å². The monoisotopic (exact) mass is 304 g/mol. The summed E-state index contributed by atoms with van der Waals surface area (Å²) in [4.78, 5) is 12.2. The number of hydrogen-bond donors (Lipinski definition) is 0. The van der Waals surface area contributed by atoms with Gasteiger partial charge in [0.05, 0.1) is 11.3 Å². The molecule has 0 saturated heterocycles. The van der Waals surface area contributed by atoms with E-state index >= 15 is 0 Å². The van der Waals surface area contributed by atoms with Crippen molar-refractivity contribution in [3.05, 3.63) is 65.0 Å². The second-order valence-corrected chi connectivity index (χ2v) is 4.59. The normalized spacial score (nSPS) is 12.0. The summed E-state index contributed by atoms with van der Waals surface area (Å²) in [6.07, 6.45) is -1.97. The van der Waals surface area contributed by atoms with Crippen LogP contribution in [-0.4, -0.2) is 10.4 Å². The summed E-state index contributed by atoms with van der Waals surface area (Å²) in [7, 11) is 1.62. The molecule has 1 heterocycles. The van der Waals surface area contributed by atoms with E-state index in [0.717, 1.165) is 12.1 Å². The molecule has 0 amide bonds. The third kappa shape index (κ3) is 3.09. The zero-order valence-electron chi connectivity index (χ0n) is 11.6. The fourth-order valence-corrected chi connectivity index (χ4v) is 2.02. The Balaban J connectivity index is 2.50. The number of nitriles is 1. The summed E-state index contributed by atoms with van der Waals surface area (Å²) < 4.78 is 40.3. The highest BCUT2D eigenvalue weighted by Gasteiger charge is 2.32. The van der Waals surface area contributed by atoms with Crippen LogP contribution in [0.5, 0.6) is 0 Å². The fraction of sp³-hybridized carbons (Fsp3) is 0.125. The van der Waals surface area contributed by atoms with Gasteiger partial charge in [-0.25, -0.2) is 0 Å². The van der Waals surface area contributed by atoms with Gasteiger partial charge in [0.2, 0.25) is 5.78 Å². The molecule has 0 aliphatic heterocycles. The average Bonchev–Trinajstić information content (AvgIpc) is 2.89. The van der Waals surface area contributed by atoms with E-state index in [0.29, 0.717) is 0 Å². The molecule has 0 aliphatic rings. The van der Waals surface area contributed by atoms with Crippen LogP contribution in [0.15, 0.2) is 48.2 Å². The molecule has 1 aromatic carbocycles. The molecular weight excluding hydrogens is 293 g/mol. The van der Waals surface area contributed by atoms with Crippen LogP contribution >= 0.6 is 0 Å². The predicted molar refractivity (Wildman–Crippen MR) is 74.8 cm³/mol. The van der Waals surface area contributed by atoms with Gasteiger partial charge in [0.15, 0.2) is 0 Å². The van der Waals surface area contributed by atoms with Gasteiger partial charge in [-0.05, 0) is 29.8 Å². The van der Waals surface area contributed by atoms with Crippen molar-refractivity contribution in [1.82, 2.24) is 4.57 Å². The van der Waals surface area contributed by atoms with Crippen LogP contribution in [0.4, 0.5) is 13.2 Å². The van der Waals surface area contributed by atoms with E-state index in [1.54, 1.807) is 25.4 Å². The molecule has 1 aromatic heterocycles. The third-order valence-electron chi connectivity index (χ3n) is 3.11. The van der Waals surface area contributed by atoms with Gasteiger partial charge in [0, 0.05) is 13.2 Å². The molecular formula is C16H11F3N2O. The standard InChI is InChI=1S/C16H11F3N2O/c1-21-8-4-7-14(21)15(22)12(10-20)9-11-5-2-3-6-13(11)16(17,18)19/h2-9H,1H3. The number of benzene rings is 1. The Morgan fingerprint density at radius 1 is 1.23 bits per heavy atom. The Labute approximate surface area is 124 Å². The quantitative estimate of drug-likeness (QED) is 0.491. The van der Waals surface area contributed by atoms with E-state index in [9.17, 15) is 18.0 Å². The fourth-order valence-electron chi connectivity index (χ4n) is 2.02. The Bertz CT molecular complexity index is 779. The molecule has 3 nitrogen and oxygen atoms in total. The summed E-state index contributed by atoms with van der Waals surface area (Å²) in [5.74, 6) is -0.619. The molecule has 112 valence electrons. The van der Waals surface area contributed by atoms with Crippen LogP contribution in [-0.2, 0) is 13.2 Å². The Morgan fingerprint density at radius 3 is 2.45 bits per heavy atom. The van der Waals surface area contributed by atoms with Gasteiger partial charge in [0.1, 0.15) is 11.6 Å². The van der Waals surface area contributed by atoms with Crippen molar-refractivity contribution in [3.63, 3.8) is 0 Å². The number of alkyl halides is 3. The van der Waals surface area contributed by atoms with Crippen molar-refractivity contribution < 1.29 is 18.0 Å². The maximum atomic E-state index is 12.9. The maximum Gasteiger partial charge on any atom is 0.416 e. The van der Waals surface area contributed by atoms with Crippen molar-refractivity contribution >= 4 is 11.9 Å². The first kappa shape index (κ1) is 15.6. The molecule has 0 unspecified atom stereocenters. The lowest BCUT2D eigenvalue weighted by molar-refractivity contribution is -0.137. The third-order valence-corrected chi connectivity index (χ3v) is 3.11. The minimum absolute atomic E-state index is 0.214. The second-order valence-electron chi connectivity index (χ2n) is 4.59. The number of hydrogen-bond acceptors (Lipinski definition) is 2.